The fourth-order valence-corrected chi connectivity index (χ4v) is 1.39. The van der Waals surface area contributed by atoms with Gasteiger partial charge in [0.1, 0.15) is 0 Å². The van der Waals surface area contributed by atoms with Crippen molar-refractivity contribution in [2.24, 2.45) is 5.92 Å². The maximum atomic E-state index is 11.5. The van der Waals surface area contributed by atoms with Crippen molar-refractivity contribution < 1.29 is 5.11 Å². The summed E-state index contributed by atoms with van der Waals surface area (Å²) < 4.78 is 0. The Morgan fingerprint density at radius 2 is 2.07 bits per heavy atom. The smallest absolute Gasteiger partial charge is 0.0341 e. The first-order valence-corrected chi connectivity index (χ1v) is 6.08. The number of aryl methyl sites for hydroxylation is 1. The number of halogens is 1. The summed E-state index contributed by atoms with van der Waals surface area (Å²) in [5, 5.41) is 14.7. The minimum absolute atomic E-state index is 0.0593. The molecule has 0 aliphatic carbocycles. The Morgan fingerprint density at radius 1 is 1.40 bits per heavy atom. The number of rotatable bonds is 4. The molecule has 84 valence electrons. The third kappa shape index (κ3) is 3.74. The SMILES string of the molecule is Cc1ccc([O-])c(NCC(Br)C(C)C)c1. The quantitative estimate of drug-likeness (QED) is 0.854. The molecule has 15 heavy (non-hydrogen) atoms. The van der Waals surface area contributed by atoms with E-state index in [0.29, 0.717) is 16.4 Å². The van der Waals surface area contributed by atoms with Crippen LogP contribution in [0.25, 0.3) is 0 Å². The van der Waals surface area contributed by atoms with Gasteiger partial charge in [-0.3, -0.25) is 0 Å². The first-order chi connectivity index (χ1) is 7.00. The van der Waals surface area contributed by atoms with Crippen molar-refractivity contribution in [2.45, 2.75) is 25.6 Å². The Morgan fingerprint density at radius 3 is 2.67 bits per heavy atom. The predicted octanol–water partition coefficient (Wildman–Crippen LogP) is 2.90. The van der Waals surface area contributed by atoms with Gasteiger partial charge >= 0.3 is 0 Å². The van der Waals surface area contributed by atoms with E-state index in [1.165, 1.54) is 0 Å². The third-order valence-electron chi connectivity index (χ3n) is 2.35. The van der Waals surface area contributed by atoms with E-state index in [1.807, 2.05) is 19.1 Å². The number of hydrogen-bond acceptors (Lipinski definition) is 2. The molecule has 0 bridgehead atoms. The summed E-state index contributed by atoms with van der Waals surface area (Å²) in [5.74, 6) is 0.612. The summed E-state index contributed by atoms with van der Waals surface area (Å²) in [4.78, 5) is 0.386. The van der Waals surface area contributed by atoms with Crippen LogP contribution in [0.4, 0.5) is 5.69 Å². The lowest BCUT2D eigenvalue weighted by molar-refractivity contribution is -0.267. The molecular formula is C12H17BrNO-. The molecule has 1 unspecified atom stereocenters. The Hall–Kier alpha value is -0.700. The Bertz CT molecular complexity index is 325. The number of anilines is 1. The lowest BCUT2D eigenvalue weighted by Crippen LogP contribution is -2.19. The fourth-order valence-electron chi connectivity index (χ4n) is 1.23. The zero-order chi connectivity index (χ0) is 11.4. The molecule has 0 saturated carbocycles. The molecule has 3 heteroatoms. The molecule has 1 aromatic rings. The predicted molar refractivity (Wildman–Crippen MR) is 66.7 cm³/mol. The van der Waals surface area contributed by atoms with Gasteiger partial charge in [0.2, 0.25) is 0 Å². The van der Waals surface area contributed by atoms with Crippen molar-refractivity contribution in [1.29, 1.82) is 0 Å². The molecule has 0 aliphatic heterocycles. The third-order valence-corrected chi connectivity index (χ3v) is 3.73. The van der Waals surface area contributed by atoms with Gasteiger partial charge in [-0.2, -0.15) is 0 Å². The van der Waals surface area contributed by atoms with E-state index in [2.05, 4.69) is 35.1 Å². The summed E-state index contributed by atoms with van der Waals surface area (Å²) in [5.41, 5.74) is 1.80. The van der Waals surface area contributed by atoms with Crippen LogP contribution in [0.3, 0.4) is 0 Å². The van der Waals surface area contributed by atoms with Gasteiger partial charge in [0.05, 0.1) is 0 Å². The van der Waals surface area contributed by atoms with Crippen molar-refractivity contribution in [2.75, 3.05) is 11.9 Å². The zero-order valence-electron chi connectivity index (χ0n) is 9.38. The first kappa shape index (κ1) is 12.4. The van der Waals surface area contributed by atoms with Crippen LogP contribution in [0.5, 0.6) is 5.75 Å². The van der Waals surface area contributed by atoms with E-state index in [1.54, 1.807) is 6.07 Å². The van der Waals surface area contributed by atoms with Crippen molar-refractivity contribution in [1.82, 2.24) is 0 Å². The monoisotopic (exact) mass is 270 g/mol. The van der Waals surface area contributed by atoms with Crippen molar-refractivity contribution in [3.05, 3.63) is 23.8 Å². The average Bonchev–Trinajstić information content (AvgIpc) is 2.18. The van der Waals surface area contributed by atoms with E-state index in [-0.39, 0.29) is 5.75 Å². The number of benzene rings is 1. The highest BCUT2D eigenvalue weighted by Gasteiger charge is 2.08. The zero-order valence-corrected chi connectivity index (χ0v) is 11.0. The minimum Gasteiger partial charge on any atom is -0.871 e. The lowest BCUT2D eigenvalue weighted by Gasteiger charge is -2.19. The molecule has 0 aliphatic rings. The molecule has 0 heterocycles. The van der Waals surface area contributed by atoms with Crippen LogP contribution in [0.2, 0.25) is 0 Å². The van der Waals surface area contributed by atoms with Gasteiger partial charge in [-0.1, -0.05) is 47.7 Å². The second kappa shape index (κ2) is 5.40. The molecule has 0 spiro atoms. The van der Waals surface area contributed by atoms with E-state index in [0.717, 1.165) is 12.1 Å². The van der Waals surface area contributed by atoms with E-state index in [4.69, 9.17) is 0 Å². The largest absolute Gasteiger partial charge is 0.871 e. The Labute approximate surface area is 99.8 Å². The lowest BCUT2D eigenvalue weighted by atomic mass is 10.1. The molecule has 0 amide bonds. The average molecular weight is 271 g/mol. The van der Waals surface area contributed by atoms with Gasteiger partial charge in [0, 0.05) is 17.1 Å². The Balaban J connectivity index is 2.61. The van der Waals surface area contributed by atoms with Gasteiger partial charge < -0.3 is 10.4 Å². The highest BCUT2D eigenvalue weighted by Crippen LogP contribution is 2.22. The van der Waals surface area contributed by atoms with Gasteiger partial charge in [0.25, 0.3) is 0 Å². The van der Waals surface area contributed by atoms with Crippen LogP contribution in [0.1, 0.15) is 19.4 Å². The molecule has 1 N–H and O–H groups in total. The molecule has 1 rings (SSSR count). The van der Waals surface area contributed by atoms with Crippen LogP contribution < -0.4 is 10.4 Å². The fraction of sp³-hybridized carbons (Fsp3) is 0.500. The first-order valence-electron chi connectivity index (χ1n) is 5.16. The van der Waals surface area contributed by atoms with Gasteiger partial charge in [0.15, 0.2) is 0 Å². The molecule has 0 saturated heterocycles. The normalized spacial score (nSPS) is 12.9. The molecular weight excluding hydrogens is 254 g/mol. The summed E-state index contributed by atoms with van der Waals surface area (Å²) in [6.45, 7) is 7.06. The van der Waals surface area contributed by atoms with Crippen LogP contribution in [-0.4, -0.2) is 11.4 Å². The van der Waals surface area contributed by atoms with Gasteiger partial charge in [-0.15, -0.1) is 0 Å². The summed E-state index contributed by atoms with van der Waals surface area (Å²) in [6, 6.07) is 5.33. The molecule has 0 radical (unpaired) electrons. The number of hydrogen-bond donors (Lipinski definition) is 1. The van der Waals surface area contributed by atoms with E-state index >= 15 is 0 Å². The van der Waals surface area contributed by atoms with Gasteiger partial charge in [-0.25, -0.2) is 0 Å². The second-order valence-electron chi connectivity index (χ2n) is 4.14. The maximum absolute atomic E-state index is 11.5. The standard InChI is InChI=1S/C12H18BrNO/c1-8(2)10(13)7-14-11-6-9(3)4-5-12(11)15/h4-6,8,10,14-15H,7H2,1-3H3/p-1. The van der Waals surface area contributed by atoms with Gasteiger partial charge in [-0.05, 0) is 24.5 Å². The van der Waals surface area contributed by atoms with Crippen LogP contribution in [0.15, 0.2) is 18.2 Å². The molecule has 2 nitrogen and oxygen atoms in total. The highest BCUT2D eigenvalue weighted by molar-refractivity contribution is 9.09. The topological polar surface area (TPSA) is 35.1 Å². The van der Waals surface area contributed by atoms with Crippen LogP contribution in [-0.2, 0) is 0 Å². The molecule has 0 aromatic heterocycles. The Kier molecular flexibility index (Phi) is 4.45. The van der Waals surface area contributed by atoms with Crippen molar-refractivity contribution in [3.63, 3.8) is 0 Å². The summed E-state index contributed by atoms with van der Waals surface area (Å²) in [7, 11) is 0. The van der Waals surface area contributed by atoms with E-state index < -0.39 is 0 Å². The van der Waals surface area contributed by atoms with Crippen LogP contribution in [0, 0.1) is 12.8 Å². The van der Waals surface area contributed by atoms with Crippen LogP contribution >= 0.6 is 15.9 Å². The minimum atomic E-state index is 0.0593. The highest BCUT2D eigenvalue weighted by atomic mass is 79.9. The molecule has 0 fully saturated rings. The van der Waals surface area contributed by atoms with E-state index in [9.17, 15) is 5.11 Å². The summed E-state index contributed by atoms with van der Waals surface area (Å²) >= 11 is 3.58. The number of alkyl halides is 1. The molecule has 1 aromatic carbocycles. The molecule has 1 atom stereocenters. The maximum Gasteiger partial charge on any atom is 0.0341 e. The van der Waals surface area contributed by atoms with Crippen molar-refractivity contribution >= 4 is 21.6 Å². The summed E-state index contributed by atoms with van der Waals surface area (Å²) in [6.07, 6.45) is 0. The second-order valence-corrected chi connectivity index (χ2v) is 5.32. The number of nitrogens with one attached hydrogen (secondary N) is 1. The van der Waals surface area contributed by atoms with Crippen molar-refractivity contribution in [3.8, 4) is 5.75 Å².